The lowest BCUT2D eigenvalue weighted by atomic mass is 10.1. The van der Waals surface area contributed by atoms with Crippen LogP contribution in [0, 0.1) is 4.51 Å². The number of aromatic nitrogens is 3. The molecule has 0 spiro atoms. The van der Waals surface area contributed by atoms with E-state index in [4.69, 9.17) is 26.7 Å². The lowest BCUT2D eigenvalue weighted by Gasteiger charge is -2.14. The van der Waals surface area contributed by atoms with Crippen LogP contribution >= 0.6 is 20.0 Å². The number of aryl methyl sites for hydroxylation is 1. The van der Waals surface area contributed by atoms with Gasteiger partial charge in [-0.15, -0.1) is 0 Å². The highest BCUT2D eigenvalue weighted by atomic mass is 32.1. The maximum Gasteiger partial charge on any atom is 0.469 e. The Morgan fingerprint density at radius 3 is 2.83 bits per heavy atom. The summed E-state index contributed by atoms with van der Waals surface area (Å²) in [5.41, 5.74) is 1.30. The number of H-pyrrole nitrogens is 1. The fourth-order valence-electron chi connectivity index (χ4n) is 2.76. The summed E-state index contributed by atoms with van der Waals surface area (Å²) < 4.78 is 24.6. The van der Waals surface area contributed by atoms with Gasteiger partial charge in [0.05, 0.1) is 24.4 Å². The number of phosphoric acid groups is 1. The molecule has 2 aromatic rings. The Bertz CT molecular complexity index is 862. The number of fused-ring (bicyclic) bond motifs is 1. The van der Waals surface area contributed by atoms with Crippen molar-refractivity contribution in [3.05, 3.63) is 23.1 Å². The number of hydrogen-bond acceptors (Lipinski definition) is 6. The van der Waals surface area contributed by atoms with Crippen molar-refractivity contribution in [1.29, 1.82) is 0 Å². The summed E-state index contributed by atoms with van der Waals surface area (Å²) in [4.78, 5) is 20.5. The summed E-state index contributed by atoms with van der Waals surface area (Å²) in [6, 6.07) is 1.72. The van der Waals surface area contributed by atoms with Gasteiger partial charge in [0.2, 0.25) is 6.23 Å². The Balaban J connectivity index is 1.92. The van der Waals surface area contributed by atoms with E-state index in [9.17, 15) is 14.8 Å². The number of hydrogen-bond donors (Lipinski definition) is 5. The molecule has 2 aromatic heterocycles. The van der Waals surface area contributed by atoms with Gasteiger partial charge in [0.25, 0.3) is 5.65 Å². The zero-order valence-corrected chi connectivity index (χ0v) is 14.2. The Morgan fingerprint density at radius 2 is 2.17 bits per heavy atom. The monoisotopic (exact) mass is 378 g/mol. The number of pyridine rings is 1. The van der Waals surface area contributed by atoms with E-state index >= 15 is 0 Å². The van der Waals surface area contributed by atoms with Gasteiger partial charge in [-0.25, -0.2) is 9.13 Å². The summed E-state index contributed by atoms with van der Waals surface area (Å²) in [6.45, 7) is -0.555. The molecule has 3 rings (SSSR count). The van der Waals surface area contributed by atoms with Crippen LogP contribution in [-0.2, 0) is 20.9 Å². The average Bonchev–Trinajstić information content (AvgIpc) is 2.96. The van der Waals surface area contributed by atoms with E-state index in [1.165, 1.54) is 0 Å². The quantitative estimate of drug-likeness (QED) is 0.266. The van der Waals surface area contributed by atoms with Crippen molar-refractivity contribution in [1.82, 2.24) is 9.55 Å². The largest absolute Gasteiger partial charge is 0.469 e. The van der Waals surface area contributed by atoms with Crippen LogP contribution in [0.3, 0.4) is 0 Å². The standard InChI is InChI=1S/C12H16N3O7PS/c1-14-5-15(11-8(14)7(24)2-3-13-11)12-10(17)9(16)6(22-12)4-21-23(18,19)20/h2-3,5-6,9-10,12,16-17H,4H2,1H3,(H2-,13,18,19,20,24)/p+1. The van der Waals surface area contributed by atoms with Crippen LogP contribution in [0.2, 0.25) is 0 Å². The van der Waals surface area contributed by atoms with E-state index < -0.39 is 39.0 Å². The number of phosphoric ester groups is 1. The van der Waals surface area contributed by atoms with Crippen molar-refractivity contribution in [2.45, 2.75) is 24.5 Å². The first-order valence-electron chi connectivity index (χ1n) is 6.98. The minimum atomic E-state index is -4.70. The van der Waals surface area contributed by atoms with E-state index in [2.05, 4.69) is 9.51 Å². The molecule has 1 saturated heterocycles. The highest BCUT2D eigenvalue weighted by Crippen LogP contribution is 2.37. The van der Waals surface area contributed by atoms with Crippen LogP contribution in [0.4, 0.5) is 0 Å². The van der Waals surface area contributed by atoms with E-state index in [-0.39, 0.29) is 0 Å². The Hall–Kier alpha value is -1.17. The fraction of sp³-hybridized carbons (Fsp3) is 0.500. The third kappa shape index (κ3) is 3.17. The molecule has 1 fully saturated rings. The normalized spacial score (nSPS) is 27.9. The van der Waals surface area contributed by atoms with Crippen molar-refractivity contribution in [3.8, 4) is 0 Å². The SMILES string of the molecule is Cn1c[n+](C2OC(COP(=O)(O)O)C(O)C2O)c2[nH]ccc(=S)c21. The Kier molecular flexibility index (Phi) is 4.62. The van der Waals surface area contributed by atoms with Crippen LogP contribution in [0.15, 0.2) is 18.6 Å². The molecule has 132 valence electrons. The number of aliphatic hydroxyl groups excluding tert-OH is 2. The number of nitrogens with one attached hydrogen (secondary N) is 1. The maximum absolute atomic E-state index is 10.8. The first-order valence-corrected chi connectivity index (χ1v) is 8.92. The smallest absolute Gasteiger partial charge is 0.387 e. The minimum Gasteiger partial charge on any atom is -0.387 e. The number of aromatic amines is 1. The molecule has 12 heteroatoms. The minimum absolute atomic E-state index is 0.555. The third-order valence-corrected chi connectivity index (χ3v) is 4.65. The zero-order valence-electron chi connectivity index (χ0n) is 12.5. The van der Waals surface area contributed by atoms with Gasteiger partial charge in [0, 0.05) is 0 Å². The second-order valence-electron chi connectivity index (χ2n) is 5.51. The summed E-state index contributed by atoms with van der Waals surface area (Å²) in [5, 5.41) is 20.3. The molecule has 1 aliphatic rings. The molecule has 0 aromatic carbocycles. The summed E-state index contributed by atoms with van der Waals surface area (Å²) in [7, 11) is -2.93. The van der Waals surface area contributed by atoms with Crippen molar-refractivity contribution >= 4 is 31.2 Å². The highest BCUT2D eigenvalue weighted by Gasteiger charge is 2.47. The number of imidazole rings is 1. The van der Waals surface area contributed by atoms with Crippen LogP contribution in [-0.4, -0.2) is 54.5 Å². The fourth-order valence-corrected chi connectivity index (χ4v) is 3.41. The molecule has 5 N–H and O–H groups in total. The topological polar surface area (TPSA) is 141 Å². The molecule has 10 nitrogen and oxygen atoms in total. The summed E-state index contributed by atoms with van der Waals surface area (Å²) in [6.07, 6.45) is -1.45. The zero-order chi connectivity index (χ0) is 17.6. The second kappa shape index (κ2) is 6.28. The van der Waals surface area contributed by atoms with Crippen LogP contribution in [0.5, 0.6) is 0 Å². The lowest BCUT2D eigenvalue weighted by molar-refractivity contribution is -0.745. The lowest BCUT2D eigenvalue weighted by Crippen LogP contribution is -2.45. The van der Waals surface area contributed by atoms with Gasteiger partial charge in [0.15, 0.2) is 11.8 Å². The summed E-state index contributed by atoms with van der Waals surface area (Å²) >= 11 is 5.27. The highest BCUT2D eigenvalue weighted by molar-refractivity contribution is 7.71. The molecular weight excluding hydrogens is 361 g/mol. The van der Waals surface area contributed by atoms with Gasteiger partial charge in [0.1, 0.15) is 18.3 Å². The molecule has 4 unspecified atom stereocenters. The average molecular weight is 378 g/mol. The van der Waals surface area contributed by atoms with Gasteiger partial charge in [-0.1, -0.05) is 12.2 Å². The predicted octanol–water partition coefficient (Wildman–Crippen LogP) is -0.748. The van der Waals surface area contributed by atoms with Gasteiger partial charge in [-0.3, -0.25) is 14.1 Å². The van der Waals surface area contributed by atoms with E-state index in [1.54, 1.807) is 34.8 Å². The van der Waals surface area contributed by atoms with Crippen LogP contribution in [0.1, 0.15) is 6.23 Å². The predicted molar refractivity (Wildman–Crippen MR) is 82.2 cm³/mol. The molecule has 0 amide bonds. The summed E-state index contributed by atoms with van der Waals surface area (Å²) in [5.74, 6) is 0. The van der Waals surface area contributed by atoms with E-state index in [0.717, 1.165) is 0 Å². The molecule has 24 heavy (non-hydrogen) atoms. The maximum atomic E-state index is 10.8. The molecule has 4 atom stereocenters. The second-order valence-corrected chi connectivity index (χ2v) is 7.18. The van der Waals surface area contributed by atoms with E-state index in [0.29, 0.717) is 15.7 Å². The van der Waals surface area contributed by atoms with Crippen molar-refractivity contribution < 1.29 is 38.4 Å². The first-order chi connectivity index (χ1) is 11.2. The molecule has 0 aliphatic carbocycles. The molecule has 0 bridgehead atoms. The van der Waals surface area contributed by atoms with Crippen molar-refractivity contribution in [2.24, 2.45) is 7.05 Å². The molecule has 1 aliphatic heterocycles. The number of nitrogens with zero attached hydrogens (tertiary/aromatic N) is 2. The van der Waals surface area contributed by atoms with Crippen LogP contribution in [0.25, 0.3) is 11.2 Å². The first kappa shape index (κ1) is 17.6. The number of rotatable bonds is 4. The van der Waals surface area contributed by atoms with Crippen molar-refractivity contribution in [3.63, 3.8) is 0 Å². The Morgan fingerprint density at radius 1 is 1.46 bits per heavy atom. The van der Waals surface area contributed by atoms with Gasteiger partial charge < -0.3 is 24.7 Å². The third-order valence-electron chi connectivity index (χ3n) is 3.84. The van der Waals surface area contributed by atoms with Gasteiger partial charge in [-0.05, 0) is 6.07 Å². The molecule has 0 radical (unpaired) electrons. The van der Waals surface area contributed by atoms with Gasteiger partial charge >= 0.3 is 7.82 Å². The number of aliphatic hydroxyl groups is 2. The number of ether oxygens (including phenoxy) is 1. The molecule has 3 heterocycles. The van der Waals surface area contributed by atoms with E-state index in [1.807, 2.05) is 0 Å². The molecular formula is C12H17N3O7PS+. The van der Waals surface area contributed by atoms with Crippen molar-refractivity contribution in [2.75, 3.05) is 6.61 Å². The van der Waals surface area contributed by atoms with Gasteiger partial charge in [-0.2, -0.15) is 0 Å². The molecule has 0 saturated carbocycles. The van der Waals surface area contributed by atoms with Crippen LogP contribution < -0.4 is 4.57 Å². The Labute approximate surface area is 141 Å².